The average Bonchev–Trinajstić information content (AvgIpc) is 3.11. The minimum Gasteiger partial charge on any atom is -0.339 e. The first-order valence-electron chi connectivity index (χ1n) is 7.85. The van der Waals surface area contributed by atoms with E-state index in [1.165, 1.54) is 44.9 Å². The number of carbonyl (C=O) groups excluding carboxylic acids is 1. The zero-order valence-electron chi connectivity index (χ0n) is 11.4. The number of hydrogen-bond donors (Lipinski definition) is 1. The van der Waals surface area contributed by atoms with E-state index in [2.05, 4.69) is 10.2 Å². The highest BCUT2D eigenvalue weighted by atomic mass is 16.2. The summed E-state index contributed by atoms with van der Waals surface area (Å²) in [5, 5.41) is 3.36. The van der Waals surface area contributed by atoms with E-state index in [0.717, 1.165) is 32.0 Å². The summed E-state index contributed by atoms with van der Waals surface area (Å²) in [5.74, 6) is 1.86. The van der Waals surface area contributed by atoms with Crippen molar-refractivity contribution in [3.05, 3.63) is 0 Å². The molecule has 2 atom stereocenters. The third kappa shape index (κ3) is 2.56. The minimum absolute atomic E-state index is 0.443. The van der Waals surface area contributed by atoms with E-state index in [1.54, 1.807) is 0 Å². The fourth-order valence-corrected chi connectivity index (χ4v) is 4.19. The Bertz CT molecular complexity index is 293. The van der Waals surface area contributed by atoms with Crippen LogP contribution in [0.4, 0.5) is 0 Å². The number of nitrogens with zero attached hydrogens (tertiary/aromatic N) is 1. The highest BCUT2D eigenvalue weighted by molar-refractivity contribution is 5.77. The van der Waals surface area contributed by atoms with Gasteiger partial charge in [0.1, 0.15) is 0 Å². The maximum atomic E-state index is 12.5. The van der Waals surface area contributed by atoms with Gasteiger partial charge in [0.2, 0.25) is 5.91 Å². The molecule has 3 aliphatic rings. The first-order valence-corrected chi connectivity index (χ1v) is 7.85. The van der Waals surface area contributed by atoms with Crippen LogP contribution in [0.5, 0.6) is 0 Å². The van der Waals surface area contributed by atoms with E-state index in [9.17, 15) is 4.79 Å². The smallest absolute Gasteiger partial charge is 0.223 e. The summed E-state index contributed by atoms with van der Waals surface area (Å²) in [4.78, 5) is 14.7. The molecular formula is C15H26N2O. The van der Waals surface area contributed by atoms with Gasteiger partial charge in [-0.3, -0.25) is 4.79 Å². The summed E-state index contributed by atoms with van der Waals surface area (Å²) in [6, 6.07) is 0.592. The zero-order chi connectivity index (χ0) is 12.4. The highest BCUT2D eigenvalue weighted by Gasteiger charge is 2.36. The van der Waals surface area contributed by atoms with E-state index >= 15 is 0 Å². The molecule has 3 rings (SSSR count). The first kappa shape index (κ1) is 12.5. The third-order valence-corrected chi connectivity index (χ3v) is 5.19. The lowest BCUT2D eigenvalue weighted by atomic mass is 9.95. The van der Waals surface area contributed by atoms with E-state index in [0.29, 0.717) is 17.9 Å². The van der Waals surface area contributed by atoms with Crippen LogP contribution in [0.2, 0.25) is 0 Å². The predicted molar refractivity (Wildman–Crippen MR) is 72.3 cm³/mol. The molecule has 0 aromatic carbocycles. The van der Waals surface area contributed by atoms with Crippen LogP contribution in [0.3, 0.4) is 0 Å². The summed E-state index contributed by atoms with van der Waals surface area (Å²) < 4.78 is 0. The molecule has 1 aliphatic carbocycles. The molecule has 1 N–H and O–H groups in total. The molecule has 0 radical (unpaired) electrons. The number of nitrogens with one attached hydrogen (secondary N) is 1. The molecule has 3 fully saturated rings. The van der Waals surface area contributed by atoms with Crippen molar-refractivity contribution in [3.8, 4) is 0 Å². The quantitative estimate of drug-likeness (QED) is 0.832. The number of hydrogen-bond acceptors (Lipinski definition) is 2. The second-order valence-electron chi connectivity index (χ2n) is 6.40. The largest absolute Gasteiger partial charge is 0.339 e. The third-order valence-electron chi connectivity index (χ3n) is 5.19. The predicted octanol–water partition coefficient (Wildman–Crippen LogP) is 2.17. The van der Waals surface area contributed by atoms with Crippen molar-refractivity contribution in [2.45, 2.75) is 57.4 Å². The Morgan fingerprint density at radius 2 is 1.94 bits per heavy atom. The lowest BCUT2D eigenvalue weighted by molar-refractivity contribution is -0.133. The maximum absolute atomic E-state index is 12.5. The summed E-state index contributed by atoms with van der Waals surface area (Å²) in [6.45, 7) is 3.18. The van der Waals surface area contributed by atoms with Crippen LogP contribution in [-0.2, 0) is 4.79 Å². The monoisotopic (exact) mass is 250 g/mol. The molecule has 0 spiro atoms. The SMILES string of the molecule is O=C(CC1CCNC1)N1CCCC1C1CCCC1. The van der Waals surface area contributed by atoms with Crippen molar-refractivity contribution < 1.29 is 4.79 Å². The van der Waals surface area contributed by atoms with Gasteiger partial charge in [-0.15, -0.1) is 0 Å². The van der Waals surface area contributed by atoms with Crippen molar-refractivity contribution in [1.82, 2.24) is 10.2 Å². The number of likely N-dealkylation sites (tertiary alicyclic amines) is 1. The second kappa shape index (κ2) is 5.60. The van der Waals surface area contributed by atoms with Gasteiger partial charge in [-0.25, -0.2) is 0 Å². The Balaban J connectivity index is 1.57. The highest BCUT2D eigenvalue weighted by Crippen LogP contribution is 2.36. The number of carbonyl (C=O) groups is 1. The van der Waals surface area contributed by atoms with Gasteiger partial charge in [0.25, 0.3) is 0 Å². The topological polar surface area (TPSA) is 32.3 Å². The molecule has 1 amide bonds. The molecule has 0 aromatic heterocycles. The molecule has 2 saturated heterocycles. The van der Waals surface area contributed by atoms with Crippen molar-refractivity contribution >= 4 is 5.91 Å². The molecule has 18 heavy (non-hydrogen) atoms. The first-order chi connectivity index (χ1) is 8.84. The summed E-state index contributed by atoms with van der Waals surface area (Å²) >= 11 is 0. The summed E-state index contributed by atoms with van der Waals surface area (Å²) in [5.41, 5.74) is 0. The van der Waals surface area contributed by atoms with Crippen LogP contribution in [0, 0.1) is 11.8 Å². The van der Waals surface area contributed by atoms with Crippen molar-refractivity contribution in [2.75, 3.05) is 19.6 Å². The van der Waals surface area contributed by atoms with E-state index in [4.69, 9.17) is 0 Å². The van der Waals surface area contributed by atoms with Gasteiger partial charge in [-0.1, -0.05) is 12.8 Å². The lowest BCUT2D eigenvalue weighted by Gasteiger charge is -2.30. The molecule has 2 heterocycles. The fourth-order valence-electron chi connectivity index (χ4n) is 4.19. The fraction of sp³-hybridized carbons (Fsp3) is 0.933. The van der Waals surface area contributed by atoms with Crippen molar-refractivity contribution in [2.24, 2.45) is 11.8 Å². The Labute approximate surface area is 110 Å². The van der Waals surface area contributed by atoms with Crippen LogP contribution < -0.4 is 5.32 Å². The number of rotatable bonds is 3. The van der Waals surface area contributed by atoms with Crippen LogP contribution in [0.1, 0.15) is 51.4 Å². The molecular weight excluding hydrogens is 224 g/mol. The Morgan fingerprint density at radius 3 is 2.67 bits per heavy atom. The lowest BCUT2D eigenvalue weighted by Crippen LogP contribution is -2.40. The summed E-state index contributed by atoms with van der Waals surface area (Å²) in [6.07, 6.45) is 9.96. The van der Waals surface area contributed by atoms with Crippen LogP contribution in [0.15, 0.2) is 0 Å². The van der Waals surface area contributed by atoms with Crippen molar-refractivity contribution in [3.63, 3.8) is 0 Å². The Hall–Kier alpha value is -0.570. The van der Waals surface area contributed by atoms with Gasteiger partial charge in [0, 0.05) is 19.0 Å². The molecule has 102 valence electrons. The Morgan fingerprint density at radius 1 is 1.11 bits per heavy atom. The van der Waals surface area contributed by atoms with Gasteiger partial charge >= 0.3 is 0 Å². The van der Waals surface area contributed by atoms with Crippen LogP contribution in [-0.4, -0.2) is 36.5 Å². The second-order valence-corrected chi connectivity index (χ2v) is 6.40. The van der Waals surface area contributed by atoms with Gasteiger partial charge in [0.05, 0.1) is 0 Å². The molecule has 1 saturated carbocycles. The Kier molecular flexibility index (Phi) is 3.88. The van der Waals surface area contributed by atoms with Crippen molar-refractivity contribution in [1.29, 1.82) is 0 Å². The van der Waals surface area contributed by atoms with E-state index in [1.807, 2.05) is 0 Å². The van der Waals surface area contributed by atoms with Gasteiger partial charge in [0.15, 0.2) is 0 Å². The normalized spacial score (nSPS) is 33.4. The molecule has 3 nitrogen and oxygen atoms in total. The molecule has 2 unspecified atom stereocenters. The standard InChI is InChI=1S/C15H26N2O/c18-15(10-12-7-8-16-11-12)17-9-3-6-14(17)13-4-1-2-5-13/h12-14,16H,1-11H2. The number of amides is 1. The van der Waals surface area contributed by atoms with Gasteiger partial charge in [-0.05, 0) is 57.0 Å². The molecule has 2 aliphatic heterocycles. The summed E-state index contributed by atoms with van der Waals surface area (Å²) in [7, 11) is 0. The van der Waals surface area contributed by atoms with Crippen LogP contribution in [0.25, 0.3) is 0 Å². The maximum Gasteiger partial charge on any atom is 0.223 e. The van der Waals surface area contributed by atoms with Gasteiger partial charge < -0.3 is 10.2 Å². The minimum atomic E-state index is 0.443. The van der Waals surface area contributed by atoms with Crippen LogP contribution >= 0.6 is 0 Å². The molecule has 3 heteroatoms. The molecule has 0 bridgehead atoms. The van der Waals surface area contributed by atoms with Gasteiger partial charge in [-0.2, -0.15) is 0 Å². The van der Waals surface area contributed by atoms with E-state index < -0.39 is 0 Å². The average molecular weight is 250 g/mol. The zero-order valence-corrected chi connectivity index (χ0v) is 11.4. The van der Waals surface area contributed by atoms with E-state index in [-0.39, 0.29) is 0 Å². The molecule has 0 aromatic rings.